The Hall–Kier alpha value is -2.29. The number of morpholine rings is 1. The molecule has 2 aromatic rings. The van der Waals surface area contributed by atoms with Gasteiger partial charge in [-0.25, -0.2) is 0 Å². The molecule has 0 spiro atoms. The number of benzene rings is 1. The van der Waals surface area contributed by atoms with Gasteiger partial charge in [0.15, 0.2) is 11.5 Å². The lowest BCUT2D eigenvalue weighted by atomic mass is 10.0. The number of hydrogen-bond donors (Lipinski definition) is 1. The van der Waals surface area contributed by atoms with Crippen LogP contribution in [0.1, 0.15) is 28.2 Å². The van der Waals surface area contributed by atoms with Gasteiger partial charge in [-0.1, -0.05) is 6.07 Å². The maximum atomic E-state index is 13.0. The molecule has 1 aromatic carbocycles. The van der Waals surface area contributed by atoms with E-state index >= 15 is 0 Å². The molecule has 1 fully saturated rings. The van der Waals surface area contributed by atoms with Gasteiger partial charge in [-0.3, -0.25) is 9.69 Å². The minimum absolute atomic E-state index is 0.0879. The van der Waals surface area contributed by atoms with Gasteiger partial charge in [0.25, 0.3) is 5.91 Å². The maximum absolute atomic E-state index is 13.0. The van der Waals surface area contributed by atoms with Gasteiger partial charge in [0, 0.05) is 29.6 Å². The molecule has 1 aliphatic rings. The number of rotatable bonds is 8. The zero-order valence-corrected chi connectivity index (χ0v) is 18.1. The quantitative estimate of drug-likeness (QED) is 0.708. The Morgan fingerprint density at radius 3 is 2.31 bits per heavy atom. The molecule has 7 nitrogen and oxygen atoms in total. The third kappa shape index (κ3) is 4.83. The molecule has 2 heterocycles. The number of nitrogens with zero attached hydrogens (tertiary/aromatic N) is 1. The van der Waals surface area contributed by atoms with Crippen molar-refractivity contribution in [2.45, 2.75) is 19.0 Å². The molecular weight excluding hydrogens is 392 g/mol. The summed E-state index contributed by atoms with van der Waals surface area (Å²) < 4.78 is 21.6. The zero-order valence-electron chi connectivity index (χ0n) is 17.3. The van der Waals surface area contributed by atoms with Gasteiger partial charge in [0.05, 0.1) is 40.6 Å². The minimum atomic E-state index is -0.188. The van der Waals surface area contributed by atoms with E-state index in [2.05, 4.69) is 21.7 Å². The maximum Gasteiger partial charge on any atom is 0.251 e. The second kappa shape index (κ2) is 9.96. The van der Waals surface area contributed by atoms with Crippen LogP contribution in [-0.4, -0.2) is 64.5 Å². The van der Waals surface area contributed by atoms with Crippen LogP contribution in [0, 0.1) is 0 Å². The fourth-order valence-electron chi connectivity index (χ4n) is 3.64. The number of amides is 1. The van der Waals surface area contributed by atoms with E-state index in [0.717, 1.165) is 13.1 Å². The number of ether oxygens (including phenoxy) is 4. The van der Waals surface area contributed by atoms with Crippen molar-refractivity contribution >= 4 is 17.2 Å². The summed E-state index contributed by atoms with van der Waals surface area (Å²) in [5, 5.41) is 5.22. The van der Waals surface area contributed by atoms with Crippen molar-refractivity contribution in [2.75, 3.05) is 47.6 Å². The molecule has 1 aromatic heterocycles. The van der Waals surface area contributed by atoms with Crippen molar-refractivity contribution in [1.29, 1.82) is 0 Å². The zero-order chi connectivity index (χ0) is 20.8. The smallest absolute Gasteiger partial charge is 0.251 e. The Labute approximate surface area is 175 Å². The fraction of sp³-hybridized carbons (Fsp3) is 0.476. The summed E-state index contributed by atoms with van der Waals surface area (Å²) in [5.41, 5.74) is 0.457. The molecule has 29 heavy (non-hydrogen) atoms. The van der Waals surface area contributed by atoms with Crippen LogP contribution >= 0.6 is 11.3 Å². The van der Waals surface area contributed by atoms with Gasteiger partial charge in [-0.2, -0.15) is 0 Å². The summed E-state index contributed by atoms with van der Waals surface area (Å²) in [6.07, 6.45) is 0. The SMILES string of the molecule is COc1cc(C(=O)NC(C)C(c2cccs2)N2CCOCC2)cc(OC)c1OC. The lowest BCUT2D eigenvalue weighted by Gasteiger charge is -2.37. The van der Waals surface area contributed by atoms with Crippen molar-refractivity contribution in [2.24, 2.45) is 0 Å². The molecular formula is C21H28N2O5S. The second-order valence-corrected chi connectivity index (χ2v) is 7.76. The summed E-state index contributed by atoms with van der Waals surface area (Å²) >= 11 is 1.70. The van der Waals surface area contributed by atoms with Crippen LogP contribution in [0.5, 0.6) is 17.2 Å². The van der Waals surface area contributed by atoms with E-state index in [4.69, 9.17) is 18.9 Å². The fourth-order valence-corrected chi connectivity index (χ4v) is 4.60. The van der Waals surface area contributed by atoms with Crippen LogP contribution in [0.25, 0.3) is 0 Å². The third-order valence-corrected chi connectivity index (χ3v) is 5.98. The number of carbonyl (C=O) groups is 1. The highest BCUT2D eigenvalue weighted by atomic mass is 32.1. The largest absolute Gasteiger partial charge is 0.493 e. The molecule has 0 aliphatic carbocycles. The van der Waals surface area contributed by atoms with E-state index in [0.29, 0.717) is 36.0 Å². The summed E-state index contributed by atoms with van der Waals surface area (Å²) in [6, 6.07) is 7.48. The molecule has 2 unspecified atom stereocenters. The summed E-state index contributed by atoms with van der Waals surface area (Å²) in [6.45, 7) is 5.13. The molecule has 1 aliphatic heterocycles. The predicted molar refractivity (Wildman–Crippen MR) is 112 cm³/mol. The molecule has 0 saturated carbocycles. The lowest BCUT2D eigenvalue weighted by Crippen LogP contribution is -2.48. The lowest BCUT2D eigenvalue weighted by molar-refractivity contribution is 0.00969. The second-order valence-electron chi connectivity index (χ2n) is 6.78. The minimum Gasteiger partial charge on any atom is -0.493 e. The van der Waals surface area contributed by atoms with Crippen LogP contribution < -0.4 is 19.5 Å². The van der Waals surface area contributed by atoms with E-state index in [1.54, 1.807) is 23.5 Å². The Balaban J connectivity index is 1.82. The first-order valence-corrected chi connectivity index (χ1v) is 10.4. The van der Waals surface area contributed by atoms with Crippen LogP contribution in [-0.2, 0) is 4.74 Å². The van der Waals surface area contributed by atoms with Gasteiger partial charge in [-0.05, 0) is 30.5 Å². The number of methoxy groups -OCH3 is 3. The molecule has 8 heteroatoms. The molecule has 2 atom stereocenters. The summed E-state index contributed by atoms with van der Waals surface area (Å²) in [7, 11) is 4.61. The Morgan fingerprint density at radius 1 is 1.14 bits per heavy atom. The molecule has 1 saturated heterocycles. The Bertz CT molecular complexity index is 780. The average molecular weight is 421 g/mol. The highest BCUT2D eigenvalue weighted by Crippen LogP contribution is 2.38. The Kier molecular flexibility index (Phi) is 7.35. The van der Waals surface area contributed by atoms with Crippen molar-refractivity contribution in [1.82, 2.24) is 10.2 Å². The molecule has 3 rings (SSSR count). The van der Waals surface area contributed by atoms with Gasteiger partial charge >= 0.3 is 0 Å². The van der Waals surface area contributed by atoms with E-state index in [-0.39, 0.29) is 18.0 Å². The topological polar surface area (TPSA) is 69.3 Å². The molecule has 1 N–H and O–H groups in total. The van der Waals surface area contributed by atoms with E-state index < -0.39 is 0 Å². The highest BCUT2D eigenvalue weighted by Gasteiger charge is 2.30. The molecule has 0 bridgehead atoms. The highest BCUT2D eigenvalue weighted by molar-refractivity contribution is 7.10. The van der Waals surface area contributed by atoms with Crippen LogP contribution in [0.15, 0.2) is 29.6 Å². The van der Waals surface area contributed by atoms with E-state index in [1.165, 1.54) is 26.2 Å². The molecule has 0 radical (unpaired) electrons. The monoisotopic (exact) mass is 420 g/mol. The van der Waals surface area contributed by atoms with Crippen molar-refractivity contribution in [3.05, 3.63) is 40.1 Å². The third-order valence-electron chi connectivity index (χ3n) is 5.03. The standard InChI is InChI=1S/C21H28N2O5S/c1-14(19(18-6-5-11-29-18)23-7-9-28-10-8-23)22-21(24)15-12-16(25-2)20(27-4)17(13-15)26-3/h5-6,11-14,19H,7-10H2,1-4H3,(H,22,24). The summed E-state index contributed by atoms with van der Waals surface area (Å²) in [4.78, 5) is 16.6. The number of carbonyl (C=O) groups excluding carboxylic acids is 1. The summed E-state index contributed by atoms with van der Waals surface area (Å²) in [5.74, 6) is 1.18. The van der Waals surface area contributed by atoms with Gasteiger partial charge in [-0.15, -0.1) is 11.3 Å². The number of thiophene rings is 1. The first-order chi connectivity index (χ1) is 14.1. The van der Waals surface area contributed by atoms with E-state index in [1.807, 2.05) is 13.0 Å². The van der Waals surface area contributed by atoms with Crippen LogP contribution in [0.2, 0.25) is 0 Å². The van der Waals surface area contributed by atoms with Crippen molar-refractivity contribution < 1.29 is 23.7 Å². The van der Waals surface area contributed by atoms with Crippen LogP contribution in [0.4, 0.5) is 0 Å². The number of nitrogens with one attached hydrogen (secondary N) is 1. The van der Waals surface area contributed by atoms with Crippen LogP contribution in [0.3, 0.4) is 0 Å². The first kappa shape index (κ1) is 21.4. The predicted octanol–water partition coefficient (Wildman–Crippen LogP) is 2.97. The Morgan fingerprint density at radius 2 is 1.79 bits per heavy atom. The van der Waals surface area contributed by atoms with Crippen molar-refractivity contribution in [3.63, 3.8) is 0 Å². The average Bonchev–Trinajstić information content (AvgIpc) is 3.27. The van der Waals surface area contributed by atoms with Gasteiger partial charge in [0.1, 0.15) is 0 Å². The van der Waals surface area contributed by atoms with Crippen molar-refractivity contribution in [3.8, 4) is 17.2 Å². The normalized spacial score (nSPS) is 16.7. The molecule has 1 amide bonds. The van der Waals surface area contributed by atoms with Gasteiger partial charge in [0.2, 0.25) is 5.75 Å². The van der Waals surface area contributed by atoms with E-state index in [9.17, 15) is 4.79 Å². The first-order valence-electron chi connectivity index (χ1n) is 9.55. The number of hydrogen-bond acceptors (Lipinski definition) is 7. The van der Waals surface area contributed by atoms with Gasteiger partial charge < -0.3 is 24.3 Å². The molecule has 158 valence electrons.